The van der Waals surface area contributed by atoms with Gasteiger partial charge in [-0.3, -0.25) is 0 Å². The number of hydrogen-bond donors (Lipinski definition) is 2. The van der Waals surface area contributed by atoms with Crippen molar-refractivity contribution in [2.45, 2.75) is 38.3 Å². The molecule has 31 heavy (non-hydrogen) atoms. The summed E-state index contributed by atoms with van der Waals surface area (Å²) in [6.07, 6.45) is 4.20. The van der Waals surface area contributed by atoms with Crippen LogP contribution in [0.5, 0.6) is 11.5 Å². The summed E-state index contributed by atoms with van der Waals surface area (Å²) in [5, 5.41) is 21.7. The third kappa shape index (κ3) is 2.80. The lowest BCUT2D eigenvalue weighted by molar-refractivity contribution is -0.0311. The number of fused-ring (bicyclic) bond motifs is 5. The van der Waals surface area contributed by atoms with Crippen LogP contribution in [0.1, 0.15) is 36.6 Å². The first kappa shape index (κ1) is 19.1. The van der Waals surface area contributed by atoms with E-state index in [0.29, 0.717) is 26.1 Å². The Morgan fingerprint density at radius 2 is 2.03 bits per heavy atom. The molecule has 0 spiro atoms. The van der Waals surface area contributed by atoms with Crippen molar-refractivity contribution in [3.05, 3.63) is 46.2 Å². The summed E-state index contributed by atoms with van der Waals surface area (Å²) < 4.78 is 16.9. The third-order valence-electron chi connectivity index (χ3n) is 6.96. The topological polar surface area (TPSA) is 84.3 Å². The number of aliphatic hydroxyl groups is 2. The molecule has 5 heterocycles. The number of pyridine rings is 1. The fourth-order valence-electron chi connectivity index (χ4n) is 5.26. The van der Waals surface area contributed by atoms with Crippen molar-refractivity contribution in [2.24, 2.45) is 0 Å². The second-order valence-electron chi connectivity index (χ2n) is 8.75. The molecule has 1 atom stereocenters. The largest absolute Gasteiger partial charge is 0.454 e. The van der Waals surface area contributed by atoms with Gasteiger partial charge in [0.05, 0.1) is 30.1 Å². The molecule has 4 aliphatic heterocycles. The van der Waals surface area contributed by atoms with Crippen LogP contribution in [0.25, 0.3) is 16.6 Å². The van der Waals surface area contributed by atoms with Crippen molar-refractivity contribution in [1.29, 1.82) is 0 Å². The lowest BCUT2D eigenvalue weighted by Gasteiger charge is -2.39. The van der Waals surface area contributed by atoms with E-state index in [2.05, 4.69) is 11.0 Å². The summed E-state index contributed by atoms with van der Waals surface area (Å²) in [6.45, 7) is 4.75. The van der Waals surface area contributed by atoms with E-state index < -0.39 is 5.60 Å². The predicted octanol–water partition coefficient (Wildman–Crippen LogP) is 2.53. The van der Waals surface area contributed by atoms with Crippen LogP contribution in [-0.4, -0.2) is 58.9 Å². The zero-order chi connectivity index (χ0) is 21.2. The summed E-state index contributed by atoms with van der Waals surface area (Å²) in [6, 6.07) is 3.98. The van der Waals surface area contributed by atoms with Crippen molar-refractivity contribution in [3.63, 3.8) is 0 Å². The molecule has 1 aromatic heterocycles. The van der Waals surface area contributed by atoms with Gasteiger partial charge in [0, 0.05) is 36.7 Å². The molecule has 0 bridgehead atoms. The molecule has 0 aliphatic carbocycles. The fourth-order valence-corrected chi connectivity index (χ4v) is 5.26. The van der Waals surface area contributed by atoms with Crippen LogP contribution in [0.4, 0.5) is 0 Å². The van der Waals surface area contributed by atoms with Gasteiger partial charge < -0.3 is 29.3 Å². The van der Waals surface area contributed by atoms with E-state index in [4.69, 9.17) is 19.2 Å². The molecule has 0 amide bonds. The van der Waals surface area contributed by atoms with Crippen molar-refractivity contribution in [2.75, 3.05) is 33.2 Å². The van der Waals surface area contributed by atoms with Crippen LogP contribution in [0, 0.1) is 0 Å². The van der Waals surface area contributed by atoms with Crippen LogP contribution in [0.3, 0.4) is 0 Å². The minimum Gasteiger partial charge on any atom is -0.454 e. The number of aryl methyl sites for hydroxylation is 1. The van der Waals surface area contributed by atoms with E-state index in [1.807, 2.05) is 19.1 Å². The number of aliphatic hydroxyl groups excluding tert-OH is 1. The molecule has 162 valence electrons. The van der Waals surface area contributed by atoms with E-state index in [0.717, 1.165) is 64.4 Å². The first-order valence-corrected chi connectivity index (χ1v) is 11.0. The minimum absolute atomic E-state index is 0.145. The number of nitrogens with zero attached hydrogens (tertiary/aromatic N) is 2. The Bertz CT molecular complexity index is 1150. The zero-order valence-electron chi connectivity index (χ0n) is 17.6. The Hall–Kier alpha value is -2.61. The molecule has 0 saturated heterocycles. The monoisotopic (exact) mass is 422 g/mol. The second kappa shape index (κ2) is 6.95. The smallest absolute Gasteiger partial charge is 0.231 e. The van der Waals surface area contributed by atoms with Gasteiger partial charge >= 0.3 is 0 Å². The molecule has 4 aliphatic rings. The quantitative estimate of drug-likeness (QED) is 0.783. The Balaban J connectivity index is 1.54. The molecule has 2 aromatic rings. The maximum atomic E-state index is 11.2. The average Bonchev–Trinajstić information content (AvgIpc) is 3.38. The Morgan fingerprint density at radius 1 is 1.19 bits per heavy atom. The van der Waals surface area contributed by atoms with E-state index in [9.17, 15) is 10.2 Å². The first-order valence-electron chi connectivity index (χ1n) is 11.0. The van der Waals surface area contributed by atoms with Crippen molar-refractivity contribution in [1.82, 2.24) is 9.88 Å². The number of rotatable bonds is 4. The number of ether oxygens (including phenoxy) is 3. The predicted molar refractivity (Wildman–Crippen MR) is 115 cm³/mol. The van der Waals surface area contributed by atoms with Crippen LogP contribution in [-0.2, 0) is 17.7 Å². The molecule has 6 rings (SSSR count). The molecule has 2 N–H and O–H groups in total. The fraction of sp³-hybridized carbons (Fsp3) is 0.458. The highest BCUT2D eigenvalue weighted by Gasteiger charge is 2.41. The number of hydrogen-bond acceptors (Lipinski definition) is 7. The van der Waals surface area contributed by atoms with Gasteiger partial charge in [-0.15, -0.1) is 0 Å². The van der Waals surface area contributed by atoms with Crippen LogP contribution < -0.4 is 9.47 Å². The molecule has 1 aromatic carbocycles. The summed E-state index contributed by atoms with van der Waals surface area (Å²) in [7, 11) is 0. The van der Waals surface area contributed by atoms with Gasteiger partial charge in [-0.25, -0.2) is 4.98 Å². The molecule has 0 fully saturated rings. The van der Waals surface area contributed by atoms with Gasteiger partial charge in [0.25, 0.3) is 0 Å². The van der Waals surface area contributed by atoms with Gasteiger partial charge in [-0.2, -0.15) is 0 Å². The minimum atomic E-state index is -0.946. The summed E-state index contributed by atoms with van der Waals surface area (Å²) in [5.41, 5.74) is 6.51. The highest BCUT2D eigenvalue weighted by atomic mass is 16.7. The molecule has 0 radical (unpaired) electrons. The highest BCUT2D eigenvalue weighted by Crippen LogP contribution is 2.45. The molecule has 0 saturated carbocycles. The summed E-state index contributed by atoms with van der Waals surface area (Å²) >= 11 is 0. The van der Waals surface area contributed by atoms with E-state index in [1.165, 1.54) is 11.1 Å². The van der Waals surface area contributed by atoms with Crippen molar-refractivity contribution in [3.8, 4) is 11.5 Å². The van der Waals surface area contributed by atoms with E-state index in [1.54, 1.807) is 0 Å². The second-order valence-corrected chi connectivity index (χ2v) is 8.75. The standard InChI is InChI=1S/C24H26N2O5/c1-2-24(28)12-29-11-14-9-26-10-17-15(4-3-5-27)16-6-21-22(31-13-30-21)8-19(16)25-23(17)20(26)7-18(14)24/h6-8,27-28H,2-5,9-13H2,1H3/t24-/m1/s1. The Labute approximate surface area is 180 Å². The lowest BCUT2D eigenvalue weighted by Crippen LogP contribution is -2.43. The van der Waals surface area contributed by atoms with Gasteiger partial charge in [0.1, 0.15) is 5.60 Å². The molecule has 7 nitrogen and oxygen atoms in total. The molecule has 0 unspecified atom stereocenters. The Kier molecular flexibility index (Phi) is 4.28. The van der Waals surface area contributed by atoms with Gasteiger partial charge in [0.15, 0.2) is 11.5 Å². The van der Waals surface area contributed by atoms with E-state index >= 15 is 0 Å². The highest BCUT2D eigenvalue weighted by molar-refractivity contribution is 5.90. The van der Waals surface area contributed by atoms with Gasteiger partial charge in [-0.05, 0) is 48.1 Å². The van der Waals surface area contributed by atoms with Gasteiger partial charge in [-0.1, -0.05) is 6.92 Å². The SMILES string of the molecule is CC[C@@]1(O)COCC2=C1C=C1c3nc4cc5c(cc4c(CCCO)c3CN1C2)OCO5. The lowest BCUT2D eigenvalue weighted by atomic mass is 9.83. The molecule has 7 heteroatoms. The maximum absolute atomic E-state index is 11.2. The van der Waals surface area contributed by atoms with Gasteiger partial charge in [0.2, 0.25) is 6.79 Å². The van der Waals surface area contributed by atoms with Crippen LogP contribution >= 0.6 is 0 Å². The van der Waals surface area contributed by atoms with E-state index in [-0.39, 0.29) is 13.4 Å². The van der Waals surface area contributed by atoms with Crippen molar-refractivity contribution < 1.29 is 24.4 Å². The average molecular weight is 422 g/mol. The van der Waals surface area contributed by atoms with Crippen molar-refractivity contribution >= 4 is 16.6 Å². The third-order valence-corrected chi connectivity index (χ3v) is 6.96. The number of aromatic nitrogens is 1. The molecular formula is C24H26N2O5. The number of benzene rings is 1. The summed E-state index contributed by atoms with van der Waals surface area (Å²) in [4.78, 5) is 7.38. The maximum Gasteiger partial charge on any atom is 0.231 e. The van der Waals surface area contributed by atoms with Crippen LogP contribution in [0.2, 0.25) is 0 Å². The normalized spacial score (nSPS) is 23.7. The first-order chi connectivity index (χ1) is 15.1. The summed E-state index contributed by atoms with van der Waals surface area (Å²) in [5.74, 6) is 1.46. The molecular weight excluding hydrogens is 396 g/mol. The van der Waals surface area contributed by atoms with Crippen LogP contribution in [0.15, 0.2) is 29.4 Å². The zero-order valence-corrected chi connectivity index (χ0v) is 17.6. The Morgan fingerprint density at radius 3 is 2.84 bits per heavy atom.